The molecule has 0 nitrogen and oxygen atoms in total. The number of halogens is 3. The third-order valence-corrected chi connectivity index (χ3v) is 5.80. The summed E-state index contributed by atoms with van der Waals surface area (Å²) in [7, 11) is 0. The highest BCUT2D eigenvalue weighted by molar-refractivity contribution is 6.08. The Morgan fingerprint density at radius 3 is 1.34 bits per heavy atom. The van der Waals surface area contributed by atoms with Gasteiger partial charge in [0.15, 0.2) is 0 Å². The van der Waals surface area contributed by atoms with E-state index >= 15 is 0 Å². The van der Waals surface area contributed by atoms with Crippen LogP contribution < -0.4 is 0 Å². The molecule has 0 aliphatic rings. The average Bonchev–Trinajstić information content (AvgIpc) is 2.86. The van der Waals surface area contributed by atoms with Crippen molar-refractivity contribution in [1.82, 2.24) is 0 Å². The summed E-state index contributed by atoms with van der Waals surface area (Å²) in [5.41, 5.74) is 3.82. The highest BCUT2D eigenvalue weighted by atomic mass is 19.4. The molecule has 0 aliphatic carbocycles. The molecule has 35 heavy (non-hydrogen) atoms. The molecule has 0 spiro atoms. The SMILES string of the molecule is Cc1ccc(C#Cc2ccc3c(ccc4cc(C#Cc5ccc(C(F)(F)F)cc5)ccc43)c2)cc1. The van der Waals surface area contributed by atoms with E-state index < -0.39 is 11.7 Å². The van der Waals surface area contributed by atoms with Crippen LogP contribution in [0.15, 0.2) is 97.1 Å². The summed E-state index contributed by atoms with van der Waals surface area (Å²) in [5.74, 6) is 12.5. The molecule has 5 aromatic rings. The Morgan fingerprint density at radius 2 is 0.886 bits per heavy atom. The van der Waals surface area contributed by atoms with Crippen LogP contribution in [-0.2, 0) is 6.18 Å². The largest absolute Gasteiger partial charge is 0.416 e. The van der Waals surface area contributed by atoms with E-state index in [0.29, 0.717) is 5.56 Å². The zero-order valence-corrected chi connectivity index (χ0v) is 18.9. The smallest absolute Gasteiger partial charge is 0.166 e. The molecule has 0 fully saturated rings. The van der Waals surface area contributed by atoms with Crippen molar-refractivity contribution in [3.63, 3.8) is 0 Å². The van der Waals surface area contributed by atoms with E-state index in [1.54, 1.807) is 0 Å². The van der Waals surface area contributed by atoms with E-state index in [-0.39, 0.29) is 0 Å². The number of benzene rings is 5. The van der Waals surface area contributed by atoms with Gasteiger partial charge in [0, 0.05) is 22.3 Å². The van der Waals surface area contributed by atoms with Crippen molar-refractivity contribution >= 4 is 21.5 Å². The summed E-state index contributed by atoms with van der Waals surface area (Å²) in [6, 6.07) is 29.3. The maximum Gasteiger partial charge on any atom is 0.416 e. The minimum absolute atomic E-state index is 0.538. The molecule has 5 rings (SSSR count). The standard InChI is InChI=1S/C32H19F3/c1-22-2-4-23(5-3-22)6-8-25-12-18-30-27(20-25)14-15-28-21-26(13-19-31(28)30)9-7-24-10-16-29(17-11-24)32(33,34)35/h2-5,10-21H,1H3. The van der Waals surface area contributed by atoms with Crippen LogP contribution in [0.4, 0.5) is 13.2 Å². The predicted molar refractivity (Wildman–Crippen MR) is 136 cm³/mol. The van der Waals surface area contributed by atoms with Crippen molar-refractivity contribution in [2.75, 3.05) is 0 Å². The van der Waals surface area contributed by atoms with Gasteiger partial charge in [-0.1, -0.05) is 65.6 Å². The van der Waals surface area contributed by atoms with Crippen LogP contribution >= 0.6 is 0 Å². The van der Waals surface area contributed by atoms with E-state index in [0.717, 1.165) is 50.4 Å². The summed E-state index contributed by atoms with van der Waals surface area (Å²) in [6.07, 6.45) is -4.35. The molecule has 0 atom stereocenters. The van der Waals surface area contributed by atoms with Crippen LogP contribution in [-0.4, -0.2) is 0 Å². The molecule has 0 saturated heterocycles. The number of fused-ring (bicyclic) bond motifs is 3. The van der Waals surface area contributed by atoms with E-state index in [9.17, 15) is 13.2 Å². The highest BCUT2D eigenvalue weighted by Crippen LogP contribution is 2.29. The van der Waals surface area contributed by atoms with E-state index in [2.05, 4.69) is 67.0 Å². The van der Waals surface area contributed by atoms with Gasteiger partial charge in [-0.2, -0.15) is 13.2 Å². The second-order valence-electron chi connectivity index (χ2n) is 8.38. The normalized spacial score (nSPS) is 11.0. The minimum Gasteiger partial charge on any atom is -0.166 e. The Morgan fingerprint density at radius 1 is 0.486 bits per heavy atom. The predicted octanol–water partition coefficient (Wildman–Crippen LogP) is 8.12. The highest BCUT2D eigenvalue weighted by Gasteiger charge is 2.29. The second kappa shape index (κ2) is 9.05. The zero-order valence-electron chi connectivity index (χ0n) is 18.9. The first kappa shape index (κ1) is 22.3. The minimum atomic E-state index is -4.35. The van der Waals surface area contributed by atoms with Crippen LogP contribution in [0.5, 0.6) is 0 Å². The Kier molecular flexibility index (Phi) is 5.77. The fourth-order valence-corrected chi connectivity index (χ4v) is 3.89. The van der Waals surface area contributed by atoms with Gasteiger partial charge in [-0.3, -0.25) is 0 Å². The lowest BCUT2D eigenvalue weighted by Crippen LogP contribution is -2.04. The van der Waals surface area contributed by atoms with E-state index in [4.69, 9.17) is 0 Å². The number of hydrogen-bond donors (Lipinski definition) is 0. The van der Waals surface area contributed by atoms with Gasteiger partial charge in [0.2, 0.25) is 0 Å². The molecule has 0 amide bonds. The van der Waals surface area contributed by atoms with Crippen LogP contribution in [0.1, 0.15) is 33.4 Å². The first-order valence-corrected chi connectivity index (χ1v) is 11.1. The van der Waals surface area contributed by atoms with Gasteiger partial charge in [-0.15, -0.1) is 0 Å². The van der Waals surface area contributed by atoms with Crippen LogP contribution in [0.3, 0.4) is 0 Å². The fraction of sp³-hybridized carbons (Fsp3) is 0.0625. The summed E-state index contributed by atoms with van der Waals surface area (Å²) in [5, 5.41) is 4.40. The molecular formula is C32H19F3. The van der Waals surface area contributed by atoms with Gasteiger partial charge in [-0.25, -0.2) is 0 Å². The molecule has 0 heterocycles. The van der Waals surface area contributed by atoms with Crippen LogP contribution in [0, 0.1) is 30.6 Å². The molecule has 0 N–H and O–H groups in total. The molecule has 0 bridgehead atoms. The Labute approximate surface area is 202 Å². The summed E-state index contributed by atoms with van der Waals surface area (Å²) in [4.78, 5) is 0. The third-order valence-electron chi connectivity index (χ3n) is 5.80. The molecule has 5 aromatic carbocycles. The lowest BCUT2D eigenvalue weighted by molar-refractivity contribution is -0.137. The van der Waals surface area contributed by atoms with Gasteiger partial charge in [-0.05, 0) is 89.1 Å². The molecule has 0 aliphatic heterocycles. The molecule has 0 aromatic heterocycles. The average molecular weight is 460 g/mol. The monoisotopic (exact) mass is 460 g/mol. The summed E-state index contributed by atoms with van der Waals surface area (Å²) >= 11 is 0. The van der Waals surface area contributed by atoms with Crippen LogP contribution in [0.25, 0.3) is 21.5 Å². The summed E-state index contributed by atoms with van der Waals surface area (Å²) < 4.78 is 38.2. The van der Waals surface area contributed by atoms with Crippen molar-refractivity contribution in [3.8, 4) is 23.7 Å². The number of hydrogen-bond acceptors (Lipinski definition) is 0. The Balaban J connectivity index is 1.42. The maximum atomic E-state index is 12.7. The van der Waals surface area contributed by atoms with Gasteiger partial charge >= 0.3 is 6.18 Å². The molecule has 0 radical (unpaired) electrons. The first-order valence-electron chi connectivity index (χ1n) is 11.1. The lowest BCUT2D eigenvalue weighted by atomic mass is 9.98. The van der Waals surface area contributed by atoms with Crippen molar-refractivity contribution < 1.29 is 13.2 Å². The zero-order chi connectivity index (χ0) is 24.4. The van der Waals surface area contributed by atoms with Crippen molar-refractivity contribution in [2.45, 2.75) is 13.1 Å². The first-order chi connectivity index (χ1) is 16.8. The van der Waals surface area contributed by atoms with Crippen molar-refractivity contribution in [1.29, 1.82) is 0 Å². The number of rotatable bonds is 0. The quantitative estimate of drug-likeness (QED) is 0.162. The van der Waals surface area contributed by atoms with Gasteiger partial charge in [0.05, 0.1) is 5.56 Å². The van der Waals surface area contributed by atoms with Gasteiger partial charge in [0.1, 0.15) is 0 Å². The molecule has 168 valence electrons. The van der Waals surface area contributed by atoms with Crippen LogP contribution in [0.2, 0.25) is 0 Å². The molecular weight excluding hydrogens is 441 g/mol. The van der Waals surface area contributed by atoms with Gasteiger partial charge < -0.3 is 0 Å². The molecule has 0 saturated carbocycles. The number of alkyl halides is 3. The Bertz CT molecular complexity index is 1670. The topological polar surface area (TPSA) is 0 Å². The fourth-order valence-electron chi connectivity index (χ4n) is 3.89. The molecule has 3 heteroatoms. The van der Waals surface area contributed by atoms with E-state index in [1.807, 2.05) is 36.4 Å². The third kappa shape index (κ3) is 5.06. The lowest BCUT2D eigenvalue weighted by Gasteiger charge is -2.06. The number of aryl methyl sites for hydroxylation is 1. The van der Waals surface area contributed by atoms with E-state index in [1.165, 1.54) is 17.7 Å². The Hall–Kier alpha value is -4.47. The van der Waals surface area contributed by atoms with Crippen molar-refractivity contribution in [3.05, 3.63) is 130 Å². The maximum absolute atomic E-state index is 12.7. The van der Waals surface area contributed by atoms with Crippen molar-refractivity contribution in [2.24, 2.45) is 0 Å². The molecule has 0 unspecified atom stereocenters. The second-order valence-corrected chi connectivity index (χ2v) is 8.38. The summed E-state index contributed by atoms with van der Waals surface area (Å²) in [6.45, 7) is 2.06. The van der Waals surface area contributed by atoms with Gasteiger partial charge in [0.25, 0.3) is 0 Å².